The number of amides is 2. The summed E-state index contributed by atoms with van der Waals surface area (Å²) in [6.45, 7) is 3.25. The Morgan fingerprint density at radius 1 is 1.23 bits per heavy atom. The van der Waals surface area contributed by atoms with E-state index in [-0.39, 0.29) is 42.6 Å². The molecular weight excluding hydrogens is 476 g/mol. The van der Waals surface area contributed by atoms with Crippen molar-refractivity contribution in [2.75, 3.05) is 38.2 Å². The number of carbonyl (C=O) groups excluding carboxylic acids is 2. The molecule has 1 aromatic heterocycles. The maximum Gasteiger partial charge on any atom is 0.267 e. The van der Waals surface area contributed by atoms with E-state index >= 15 is 0 Å². The van der Waals surface area contributed by atoms with Gasteiger partial charge in [0.05, 0.1) is 13.2 Å². The SMILES string of the molecule is Cc1ccc(Br)cc1NC(=O)CCNC(=O)c1cc(S(=O)(=O)N2CCOCC2)c[nH]1. The summed E-state index contributed by atoms with van der Waals surface area (Å²) in [5.74, 6) is -0.719. The van der Waals surface area contributed by atoms with E-state index in [1.54, 1.807) is 6.07 Å². The molecule has 1 saturated heterocycles. The van der Waals surface area contributed by atoms with Crippen molar-refractivity contribution in [3.05, 3.63) is 46.2 Å². The van der Waals surface area contributed by atoms with E-state index in [1.165, 1.54) is 16.6 Å². The van der Waals surface area contributed by atoms with Crippen molar-refractivity contribution in [1.29, 1.82) is 0 Å². The van der Waals surface area contributed by atoms with Crippen molar-refractivity contribution in [3.8, 4) is 0 Å². The summed E-state index contributed by atoms with van der Waals surface area (Å²) in [4.78, 5) is 27.1. The number of ether oxygens (including phenoxy) is 1. The first-order valence-corrected chi connectivity index (χ1v) is 11.6. The first-order valence-electron chi connectivity index (χ1n) is 9.38. The second kappa shape index (κ2) is 9.73. The van der Waals surface area contributed by atoms with Crippen LogP contribution in [0.4, 0.5) is 5.69 Å². The molecule has 0 atom stereocenters. The van der Waals surface area contributed by atoms with Crippen molar-refractivity contribution in [2.24, 2.45) is 0 Å². The zero-order valence-corrected chi connectivity index (χ0v) is 18.8. The number of halogens is 1. The van der Waals surface area contributed by atoms with Gasteiger partial charge in [-0.25, -0.2) is 8.42 Å². The normalized spacial score (nSPS) is 15.0. The fourth-order valence-electron chi connectivity index (χ4n) is 2.92. The standard InChI is InChI=1S/C19H23BrN4O5S/c1-13-2-3-14(20)10-16(13)23-18(25)4-5-21-19(26)17-11-15(12-22-17)30(27,28)24-6-8-29-9-7-24/h2-3,10-12,22H,4-9H2,1H3,(H,21,26)(H,23,25). The molecule has 11 heteroatoms. The minimum absolute atomic E-state index is 0.0254. The van der Waals surface area contributed by atoms with Gasteiger partial charge in [-0.05, 0) is 30.7 Å². The van der Waals surface area contributed by atoms with Crippen LogP contribution in [0, 0.1) is 6.92 Å². The number of morpholine rings is 1. The largest absolute Gasteiger partial charge is 0.379 e. The molecule has 2 amide bonds. The van der Waals surface area contributed by atoms with Gasteiger partial charge in [0.15, 0.2) is 0 Å². The van der Waals surface area contributed by atoms with Gasteiger partial charge < -0.3 is 20.4 Å². The molecule has 2 aromatic rings. The first kappa shape index (κ1) is 22.5. The molecule has 0 unspecified atom stereocenters. The maximum atomic E-state index is 12.6. The van der Waals surface area contributed by atoms with Crippen LogP contribution in [0.5, 0.6) is 0 Å². The lowest BCUT2D eigenvalue weighted by Gasteiger charge is -2.25. The predicted octanol–water partition coefficient (Wildman–Crippen LogP) is 1.87. The number of rotatable bonds is 7. The van der Waals surface area contributed by atoms with Crippen molar-refractivity contribution in [3.63, 3.8) is 0 Å². The molecule has 1 aliphatic heterocycles. The number of nitrogens with zero attached hydrogens (tertiary/aromatic N) is 1. The lowest BCUT2D eigenvalue weighted by molar-refractivity contribution is -0.116. The van der Waals surface area contributed by atoms with E-state index in [1.807, 2.05) is 19.1 Å². The monoisotopic (exact) mass is 498 g/mol. The Bertz CT molecular complexity index is 1030. The van der Waals surface area contributed by atoms with Gasteiger partial charge in [-0.1, -0.05) is 22.0 Å². The zero-order valence-electron chi connectivity index (χ0n) is 16.4. The fraction of sp³-hybridized carbons (Fsp3) is 0.368. The number of aromatic amines is 1. The molecule has 0 aliphatic carbocycles. The highest BCUT2D eigenvalue weighted by Crippen LogP contribution is 2.21. The van der Waals surface area contributed by atoms with Gasteiger partial charge in [-0.15, -0.1) is 0 Å². The Hall–Kier alpha value is -2.21. The van der Waals surface area contributed by atoms with Gasteiger partial charge in [-0.2, -0.15) is 4.31 Å². The van der Waals surface area contributed by atoms with Crippen LogP contribution in [0.2, 0.25) is 0 Å². The topological polar surface area (TPSA) is 121 Å². The summed E-state index contributed by atoms with van der Waals surface area (Å²) in [6.07, 6.45) is 1.37. The highest BCUT2D eigenvalue weighted by Gasteiger charge is 2.27. The predicted molar refractivity (Wildman–Crippen MR) is 115 cm³/mol. The van der Waals surface area contributed by atoms with Gasteiger partial charge in [0.2, 0.25) is 15.9 Å². The van der Waals surface area contributed by atoms with E-state index in [0.717, 1.165) is 10.0 Å². The molecule has 0 radical (unpaired) electrons. The van der Waals surface area contributed by atoms with Crippen LogP contribution < -0.4 is 10.6 Å². The van der Waals surface area contributed by atoms with E-state index in [0.29, 0.717) is 18.9 Å². The molecule has 30 heavy (non-hydrogen) atoms. The molecule has 0 saturated carbocycles. The molecule has 0 bridgehead atoms. The number of aryl methyl sites for hydroxylation is 1. The molecule has 3 rings (SSSR count). The number of H-pyrrole nitrogens is 1. The molecule has 162 valence electrons. The van der Waals surface area contributed by atoms with Crippen LogP contribution in [-0.4, -0.2) is 62.4 Å². The molecule has 1 aromatic carbocycles. The van der Waals surface area contributed by atoms with Crippen molar-refractivity contribution in [1.82, 2.24) is 14.6 Å². The minimum atomic E-state index is -3.68. The van der Waals surface area contributed by atoms with Gasteiger partial charge in [0, 0.05) is 42.4 Å². The van der Waals surface area contributed by atoms with Crippen LogP contribution >= 0.6 is 15.9 Å². The molecule has 0 spiro atoms. The van der Waals surface area contributed by atoms with E-state index in [9.17, 15) is 18.0 Å². The molecule has 1 fully saturated rings. The van der Waals surface area contributed by atoms with Gasteiger partial charge in [-0.3, -0.25) is 9.59 Å². The highest BCUT2D eigenvalue weighted by atomic mass is 79.9. The van der Waals surface area contributed by atoms with Crippen LogP contribution in [0.25, 0.3) is 0 Å². The fourth-order valence-corrected chi connectivity index (χ4v) is 4.68. The molecule has 1 aliphatic rings. The summed E-state index contributed by atoms with van der Waals surface area (Å²) in [5, 5.41) is 5.42. The van der Waals surface area contributed by atoms with Crippen LogP contribution in [-0.2, 0) is 19.6 Å². The van der Waals surface area contributed by atoms with Crippen molar-refractivity contribution < 1.29 is 22.7 Å². The second-order valence-corrected chi connectivity index (χ2v) is 9.63. The van der Waals surface area contributed by atoms with Gasteiger partial charge in [0.25, 0.3) is 5.91 Å². The Balaban J connectivity index is 1.52. The van der Waals surface area contributed by atoms with E-state index < -0.39 is 15.9 Å². The number of aromatic nitrogens is 1. The first-order chi connectivity index (χ1) is 14.3. The third kappa shape index (κ3) is 5.48. The Morgan fingerprint density at radius 2 is 1.97 bits per heavy atom. The van der Waals surface area contributed by atoms with Gasteiger partial charge >= 0.3 is 0 Å². The molecule has 2 heterocycles. The quantitative estimate of drug-likeness (QED) is 0.537. The number of anilines is 1. The summed E-state index contributed by atoms with van der Waals surface area (Å²) in [5.41, 5.74) is 1.74. The summed E-state index contributed by atoms with van der Waals surface area (Å²) < 4.78 is 32.6. The zero-order chi connectivity index (χ0) is 21.7. The van der Waals surface area contributed by atoms with Gasteiger partial charge in [0.1, 0.15) is 10.6 Å². The highest BCUT2D eigenvalue weighted by molar-refractivity contribution is 9.10. The van der Waals surface area contributed by atoms with Crippen LogP contribution in [0.3, 0.4) is 0 Å². The summed E-state index contributed by atoms with van der Waals surface area (Å²) in [7, 11) is -3.68. The molecule has 3 N–H and O–H groups in total. The average molecular weight is 499 g/mol. The lowest BCUT2D eigenvalue weighted by Crippen LogP contribution is -2.40. The summed E-state index contributed by atoms with van der Waals surface area (Å²) >= 11 is 3.36. The van der Waals surface area contributed by atoms with Crippen LogP contribution in [0.15, 0.2) is 39.8 Å². The smallest absolute Gasteiger partial charge is 0.267 e. The minimum Gasteiger partial charge on any atom is -0.379 e. The number of hydrogen-bond acceptors (Lipinski definition) is 5. The third-order valence-electron chi connectivity index (χ3n) is 4.62. The Morgan fingerprint density at radius 3 is 2.70 bits per heavy atom. The van der Waals surface area contributed by atoms with Crippen molar-refractivity contribution >= 4 is 43.5 Å². The number of nitrogens with one attached hydrogen (secondary N) is 3. The Kier molecular flexibility index (Phi) is 7.29. The maximum absolute atomic E-state index is 12.6. The number of sulfonamides is 1. The van der Waals surface area contributed by atoms with Crippen LogP contribution in [0.1, 0.15) is 22.5 Å². The average Bonchev–Trinajstić information content (AvgIpc) is 3.23. The van der Waals surface area contributed by atoms with E-state index in [2.05, 4.69) is 31.5 Å². The number of carbonyl (C=O) groups is 2. The lowest BCUT2D eigenvalue weighted by atomic mass is 10.2. The van der Waals surface area contributed by atoms with Crippen molar-refractivity contribution in [2.45, 2.75) is 18.2 Å². The third-order valence-corrected chi connectivity index (χ3v) is 6.99. The number of hydrogen-bond donors (Lipinski definition) is 3. The summed E-state index contributed by atoms with van der Waals surface area (Å²) in [6, 6.07) is 6.87. The number of benzene rings is 1. The molecule has 9 nitrogen and oxygen atoms in total. The Labute approximate surface area is 183 Å². The second-order valence-electron chi connectivity index (χ2n) is 6.78. The molecular formula is C19H23BrN4O5S. The van der Waals surface area contributed by atoms with E-state index in [4.69, 9.17) is 4.74 Å².